The van der Waals surface area contributed by atoms with Crippen LogP contribution in [0, 0.1) is 0 Å². The molecule has 2 aliphatic rings. The third-order valence-corrected chi connectivity index (χ3v) is 7.17. The van der Waals surface area contributed by atoms with Gasteiger partial charge in [0.25, 0.3) is 5.91 Å². The fourth-order valence-electron chi connectivity index (χ4n) is 5.10. The topological polar surface area (TPSA) is 168 Å². The Balaban J connectivity index is 1.39. The highest BCUT2D eigenvalue weighted by atomic mass is 16.7. The summed E-state index contributed by atoms with van der Waals surface area (Å²) < 4.78 is 18.9. The number of aliphatic hydroxyl groups is 3. The number of rotatable bonds is 7. The van der Waals surface area contributed by atoms with E-state index in [1.54, 1.807) is 64.2 Å². The number of hydrogen-bond donors (Lipinski definition) is 5. The summed E-state index contributed by atoms with van der Waals surface area (Å²) in [6, 6.07) is 7.86. The van der Waals surface area contributed by atoms with E-state index in [1.807, 2.05) is 0 Å². The third-order valence-electron chi connectivity index (χ3n) is 7.17. The molecular weight excluding hydrogens is 510 g/mol. The number of ether oxygens (including phenoxy) is 3. The SMILES string of the molecule is CNc1ccc(C(=O)Nc2ccn([C@@H]3C[C@H](O)[C@@H](O[C@H]4O[C@H](C)[C@@H](N(C)C)[C@H](O)[C@H]4O)[C@H](C)O3)c(=O)n2)cc1. The first-order valence-electron chi connectivity index (χ1n) is 12.9. The standard InChI is InChI=1S/C26H37N5O8/c1-13-20(30(4)5)21(33)22(34)25(38-13)39-23-14(2)37-19(12-17(23)32)31-11-10-18(29-26(31)36)28-24(35)15-6-8-16(27-3)9-7-15/h6-11,13-14,17,19-23,25,27,32-34H,12H2,1-5H3,(H,28,29,35,36)/t13-,14+,17+,19+,20-,21+,22-,23+,25-/m1/s1. The zero-order valence-electron chi connectivity index (χ0n) is 22.6. The van der Waals surface area contributed by atoms with Gasteiger partial charge in [-0.1, -0.05) is 0 Å². The average molecular weight is 548 g/mol. The van der Waals surface area contributed by atoms with Crippen molar-refractivity contribution in [3.05, 3.63) is 52.6 Å². The summed E-state index contributed by atoms with van der Waals surface area (Å²) in [5.74, 6) is -0.333. The number of benzene rings is 1. The maximum atomic E-state index is 12.8. The van der Waals surface area contributed by atoms with Gasteiger partial charge in [0.2, 0.25) is 0 Å². The lowest BCUT2D eigenvalue weighted by molar-refractivity contribution is -0.322. The molecule has 2 saturated heterocycles. The van der Waals surface area contributed by atoms with Crippen LogP contribution in [-0.2, 0) is 14.2 Å². The first kappa shape index (κ1) is 29.1. The van der Waals surface area contributed by atoms with Crippen molar-refractivity contribution in [1.82, 2.24) is 14.5 Å². The lowest BCUT2D eigenvalue weighted by Gasteiger charge is -2.46. The Morgan fingerprint density at radius 2 is 1.77 bits per heavy atom. The maximum absolute atomic E-state index is 12.8. The van der Waals surface area contributed by atoms with Gasteiger partial charge < -0.3 is 45.1 Å². The second kappa shape index (κ2) is 12.1. The molecule has 0 radical (unpaired) electrons. The van der Waals surface area contributed by atoms with Gasteiger partial charge in [-0.15, -0.1) is 0 Å². The van der Waals surface area contributed by atoms with E-state index in [0.29, 0.717) is 5.56 Å². The van der Waals surface area contributed by atoms with E-state index in [-0.39, 0.29) is 12.2 Å². The summed E-state index contributed by atoms with van der Waals surface area (Å²) in [5.41, 5.74) is 0.598. The first-order valence-corrected chi connectivity index (χ1v) is 12.9. The molecule has 0 spiro atoms. The quantitative estimate of drug-likeness (QED) is 0.316. The van der Waals surface area contributed by atoms with Crippen molar-refractivity contribution in [2.45, 2.75) is 75.5 Å². The van der Waals surface area contributed by atoms with Crippen molar-refractivity contribution < 1.29 is 34.3 Å². The third kappa shape index (κ3) is 6.30. The highest BCUT2D eigenvalue weighted by molar-refractivity contribution is 6.03. The van der Waals surface area contributed by atoms with Gasteiger partial charge in [0.1, 0.15) is 30.4 Å². The number of aliphatic hydroxyl groups excluding tert-OH is 3. The number of nitrogens with zero attached hydrogens (tertiary/aromatic N) is 3. The van der Waals surface area contributed by atoms with Gasteiger partial charge in [-0.3, -0.25) is 9.36 Å². The van der Waals surface area contributed by atoms with E-state index in [1.165, 1.54) is 16.8 Å². The summed E-state index contributed by atoms with van der Waals surface area (Å²) in [4.78, 5) is 31.0. The minimum Gasteiger partial charge on any atom is -0.390 e. The predicted molar refractivity (Wildman–Crippen MR) is 141 cm³/mol. The lowest BCUT2D eigenvalue weighted by Crippen LogP contribution is -2.63. The number of likely N-dealkylation sites (N-methyl/N-ethyl adjacent to an activating group) is 1. The molecule has 2 aromatic rings. The second-order valence-corrected chi connectivity index (χ2v) is 10.1. The molecule has 0 aliphatic carbocycles. The lowest BCUT2D eigenvalue weighted by atomic mass is 9.95. The largest absolute Gasteiger partial charge is 0.390 e. The second-order valence-electron chi connectivity index (χ2n) is 10.1. The summed E-state index contributed by atoms with van der Waals surface area (Å²) in [7, 11) is 5.34. The van der Waals surface area contributed by atoms with Crippen molar-refractivity contribution in [3.63, 3.8) is 0 Å². The Morgan fingerprint density at radius 1 is 1.08 bits per heavy atom. The number of amides is 1. The van der Waals surface area contributed by atoms with Gasteiger partial charge in [0, 0.05) is 30.9 Å². The van der Waals surface area contributed by atoms with Gasteiger partial charge in [-0.2, -0.15) is 4.98 Å². The van der Waals surface area contributed by atoms with Crippen molar-refractivity contribution in [1.29, 1.82) is 0 Å². The van der Waals surface area contributed by atoms with Crippen molar-refractivity contribution in [2.24, 2.45) is 0 Å². The minimum absolute atomic E-state index is 0.00135. The Bertz CT molecular complexity index is 1180. The van der Waals surface area contributed by atoms with E-state index < -0.39 is 66.8 Å². The summed E-state index contributed by atoms with van der Waals surface area (Å²) >= 11 is 0. The number of nitrogens with one attached hydrogen (secondary N) is 2. The van der Waals surface area contributed by atoms with E-state index in [0.717, 1.165) is 5.69 Å². The molecule has 13 nitrogen and oxygen atoms in total. The summed E-state index contributed by atoms with van der Waals surface area (Å²) in [6.45, 7) is 3.44. The smallest absolute Gasteiger partial charge is 0.351 e. The molecule has 1 aromatic heterocycles. The Kier molecular flexibility index (Phi) is 9.01. The number of carbonyl (C=O) groups is 1. The molecule has 9 atom stereocenters. The summed E-state index contributed by atoms with van der Waals surface area (Å²) in [5, 5.41) is 37.6. The van der Waals surface area contributed by atoms with Crippen LogP contribution in [0.5, 0.6) is 0 Å². The van der Waals surface area contributed by atoms with Crippen LogP contribution in [0.25, 0.3) is 0 Å². The van der Waals surface area contributed by atoms with E-state index in [2.05, 4.69) is 15.6 Å². The molecular formula is C26H37N5O8. The van der Waals surface area contributed by atoms with Gasteiger partial charge in [-0.05, 0) is 58.3 Å². The van der Waals surface area contributed by atoms with Crippen LogP contribution in [0.2, 0.25) is 0 Å². The fourth-order valence-corrected chi connectivity index (χ4v) is 5.10. The minimum atomic E-state index is -1.33. The van der Waals surface area contributed by atoms with Crippen LogP contribution in [0.4, 0.5) is 11.5 Å². The van der Waals surface area contributed by atoms with Crippen LogP contribution >= 0.6 is 0 Å². The molecule has 0 unspecified atom stereocenters. The monoisotopic (exact) mass is 547 g/mol. The molecule has 1 amide bonds. The number of carbonyl (C=O) groups excluding carboxylic acids is 1. The van der Waals surface area contributed by atoms with E-state index >= 15 is 0 Å². The molecule has 13 heteroatoms. The highest BCUT2D eigenvalue weighted by Gasteiger charge is 2.47. The first-order chi connectivity index (χ1) is 18.5. The molecule has 2 aliphatic heterocycles. The zero-order chi connectivity index (χ0) is 28.4. The Morgan fingerprint density at radius 3 is 2.36 bits per heavy atom. The Hall–Kier alpha value is -2.91. The predicted octanol–water partition coefficient (Wildman–Crippen LogP) is -0.0124. The normalized spacial score (nSPS) is 33.1. The maximum Gasteiger partial charge on any atom is 0.351 e. The average Bonchev–Trinajstić information content (AvgIpc) is 2.88. The van der Waals surface area contributed by atoms with Crippen molar-refractivity contribution in [2.75, 3.05) is 31.8 Å². The van der Waals surface area contributed by atoms with Crippen LogP contribution in [0.3, 0.4) is 0 Å². The van der Waals surface area contributed by atoms with Gasteiger partial charge >= 0.3 is 5.69 Å². The molecule has 39 heavy (non-hydrogen) atoms. The molecule has 4 rings (SSSR count). The van der Waals surface area contributed by atoms with Crippen molar-refractivity contribution >= 4 is 17.4 Å². The molecule has 0 bridgehead atoms. The van der Waals surface area contributed by atoms with Crippen LogP contribution in [-0.4, -0.2) is 106 Å². The van der Waals surface area contributed by atoms with Crippen LogP contribution in [0.15, 0.2) is 41.3 Å². The number of anilines is 2. The number of hydrogen-bond acceptors (Lipinski definition) is 11. The van der Waals surface area contributed by atoms with Gasteiger partial charge in [0.15, 0.2) is 6.29 Å². The fraction of sp³-hybridized carbons (Fsp3) is 0.577. The molecule has 214 valence electrons. The molecule has 3 heterocycles. The van der Waals surface area contributed by atoms with Gasteiger partial charge in [0.05, 0.1) is 24.4 Å². The molecule has 5 N–H and O–H groups in total. The molecule has 2 fully saturated rings. The van der Waals surface area contributed by atoms with Crippen LogP contribution < -0.4 is 16.3 Å². The molecule has 0 saturated carbocycles. The number of aromatic nitrogens is 2. The van der Waals surface area contributed by atoms with E-state index in [9.17, 15) is 24.9 Å². The molecule has 1 aromatic carbocycles. The highest BCUT2D eigenvalue weighted by Crippen LogP contribution is 2.32. The van der Waals surface area contributed by atoms with Crippen LogP contribution in [0.1, 0.15) is 36.9 Å². The van der Waals surface area contributed by atoms with E-state index in [4.69, 9.17) is 14.2 Å². The van der Waals surface area contributed by atoms with Gasteiger partial charge in [-0.25, -0.2) is 4.79 Å². The summed E-state index contributed by atoms with van der Waals surface area (Å²) in [6.07, 6.45) is -6.10. The zero-order valence-corrected chi connectivity index (χ0v) is 22.6. The van der Waals surface area contributed by atoms with Crippen molar-refractivity contribution in [3.8, 4) is 0 Å². The Labute approximate surface area is 226 Å².